The number of carbonyl (C=O) groups is 4. The molecule has 15 nitrogen and oxygen atoms in total. The summed E-state index contributed by atoms with van der Waals surface area (Å²) in [5.41, 5.74) is -1.63. The number of rotatable bonds is 9. The van der Waals surface area contributed by atoms with Crippen LogP contribution in [0.2, 0.25) is 0 Å². The van der Waals surface area contributed by atoms with Gasteiger partial charge in [0.1, 0.15) is 35.1 Å². The quantitative estimate of drug-likeness (QED) is 0.221. The van der Waals surface area contributed by atoms with Gasteiger partial charge in [-0.15, -0.1) is 0 Å². The normalized spacial score (nSPS) is 27.4. The molecule has 1 saturated heterocycles. The third-order valence-electron chi connectivity index (χ3n) is 12.0. The van der Waals surface area contributed by atoms with Gasteiger partial charge < -0.3 is 34.5 Å². The zero-order valence-corrected chi connectivity index (χ0v) is 37.0. The zero-order chi connectivity index (χ0) is 44.7. The predicted octanol–water partition coefficient (Wildman–Crippen LogP) is 5.80. The first-order chi connectivity index (χ1) is 29.3. The maximum atomic E-state index is 15.0. The lowest BCUT2D eigenvalue weighted by molar-refractivity contribution is -0.142. The largest absolute Gasteiger partial charge is 0.497 e. The van der Waals surface area contributed by atoms with Gasteiger partial charge in [-0.05, 0) is 119 Å². The number of ether oxygens (including phenoxy) is 4. The van der Waals surface area contributed by atoms with E-state index >= 15 is 0 Å². The van der Waals surface area contributed by atoms with Gasteiger partial charge in [-0.2, -0.15) is 0 Å². The summed E-state index contributed by atoms with van der Waals surface area (Å²) >= 11 is 0. The second kappa shape index (κ2) is 17.4. The highest BCUT2D eigenvalue weighted by molar-refractivity contribution is 7.91. The molecule has 0 spiro atoms. The van der Waals surface area contributed by atoms with Crippen LogP contribution in [0, 0.1) is 23.6 Å². The molecule has 62 heavy (non-hydrogen) atoms. The van der Waals surface area contributed by atoms with Crippen LogP contribution in [0.15, 0.2) is 54.6 Å². The Morgan fingerprint density at radius 2 is 1.76 bits per heavy atom. The van der Waals surface area contributed by atoms with Crippen molar-refractivity contribution in [2.24, 2.45) is 17.8 Å². The second-order valence-electron chi connectivity index (χ2n) is 18.1. The molecule has 2 aliphatic carbocycles. The fourth-order valence-electron chi connectivity index (χ4n) is 8.48. The van der Waals surface area contributed by atoms with E-state index in [1.807, 2.05) is 19.1 Å². The highest BCUT2D eigenvalue weighted by Crippen LogP contribution is 2.46. The molecule has 3 aromatic rings. The minimum Gasteiger partial charge on any atom is -0.497 e. The number of halogens is 1. The average Bonchev–Trinajstić information content (AvgIpc) is 4.14. The standard InChI is InChI=1S/C45H56FN5O10S/c1-25-10-8-9-11-29-23-45(29,42(54)50-62(56,57)32-14-15-32)49-39(52)36-22-31(24-51(36)41(53)38(26(2)18-25)48-43(55)61-44(3,4)5)60-40-33-16-13-30(58-6)19-28(33)21-35(47-40)27-12-17-37(59-7)34(46)20-27/h9,11-13,16-17,19-21,25-26,29,31-32,36,38H,8,10,14-15,18,22-24H2,1-7H3,(H,48,55)(H,49,52)(H,50,54)/b11-9-/t25-,26-,29-,31-,36+,38+,45-/m1/s1. The van der Waals surface area contributed by atoms with Gasteiger partial charge in [-0.25, -0.2) is 22.6 Å². The number of methoxy groups -OCH3 is 2. The van der Waals surface area contributed by atoms with Crippen molar-refractivity contribution in [2.75, 3.05) is 20.8 Å². The van der Waals surface area contributed by atoms with Crippen LogP contribution in [-0.4, -0.2) is 97.5 Å². The Kier molecular flexibility index (Phi) is 12.5. The molecule has 2 aliphatic heterocycles. The second-order valence-corrected chi connectivity index (χ2v) is 20.1. The van der Waals surface area contributed by atoms with Gasteiger partial charge in [0.15, 0.2) is 11.6 Å². The number of nitrogens with zero attached hydrogens (tertiary/aromatic N) is 2. The molecule has 3 fully saturated rings. The molecular formula is C45H56FN5O10S. The number of carbonyl (C=O) groups excluding carboxylic acids is 4. The Balaban J connectivity index is 1.27. The number of hydrogen-bond acceptors (Lipinski definition) is 11. The van der Waals surface area contributed by atoms with E-state index < -0.39 is 86.1 Å². The molecule has 0 unspecified atom stereocenters. The van der Waals surface area contributed by atoms with Gasteiger partial charge >= 0.3 is 6.09 Å². The van der Waals surface area contributed by atoms with Crippen LogP contribution < -0.4 is 29.6 Å². The molecule has 2 aromatic carbocycles. The molecule has 3 N–H and O–H groups in total. The number of alkyl carbamates (subject to hydrolysis) is 1. The predicted molar refractivity (Wildman–Crippen MR) is 228 cm³/mol. The van der Waals surface area contributed by atoms with E-state index in [9.17, 15) is 32.0 Å². The number of nitrogens with one attached hydrogen (secondary N) is 3. The van der Waals surface area contributed by atoms with Crippen molar-refractivity contribution < 1.29 is 50.9 Å². The Labute approximate surface area is 361 Å². The van der Waals surface area contributed by atoms with E-state index in [1.165, 1.54) is 31.3 Å². The highest BCUT2D eigenvalue weighted by Gasteiger charge is 2.62. The molecule has 3 heterocycles. The van der Waals surface area contributed by atoms with Crippen LogP contribution in [0.3, 0.4) is 0 Å². The number of pyridine rings is 1. The van der Waals surface area contributed by atoms with Gasteiger partial charge in [-0.1, -0.05) is 26.0 Å². The summed E-state index contributed by atoms with van der Waals surface area (Å²) in [5.74, 6) is -2.67. The Morgan fingerprint density at radius 3 is 2.44 bits per heavy atom. The summed E-state index contributed by atoms with van der Waals surface area (Å²) in [4.78, 5) is 63.1. The number of benzene rings is 2. The van der Waals surface area contributed by atoms with E-state index in [-0.39, 0.29) is 36.9 Å². The summed E-state index contributed by atoms with van der Waals surface area (Å²) in [7, 11) is -1.04. The first-order valence-electron chi connectivity index (χ1n) is 21.1. The van der Waals surface area contributed by atoms with Crippen LogP contribution in [0.25, 0.3) is 22.0 Å². The zero-order valence-electron chi connectivity index (χ0n) is 36.2. The number of hydrogen-bond donors (Lipinski definition) is 3. The molecular weight excluding hydrogens is 822 g/mol. The molecule has 4 amide bonds. The Hall–Kier alpha value is -5.45. The summed E-state index contributed by atoms with van der Waals surface area (Å²) in [6.45, 7) is 8.96. The third-order valence-corrected chi connectivity index (χ3v) is 13.8. The lowest BCUT2D eigenvalue weighted by Crippen LogP contribution is -2.59. The molecule has 334 valence electrons. The van der Waals surface area contributed by atoms with Crippen LogP contribution in [-0.2, 0) is 29.1 Å². The van der Waals surface area contributed by atoms with Gasteiger partial charge in [0.2, 0.25) is 27.7 Å². The first kappa shape index (κ1) is 44.6. The molecule has 1 aromatic heterocycles. The van der Waals surface area contributed by atoms with Crippen LogP contribution in [0.1, 0.15) is 79.6 Å². The Morgan fingerprint density at radius 1 is 1.00 bits per heavy atom. The fourth-order valence-corrected chi connectivity index (χ4v) is 9.85. The SMILES string of the molecule is COc1ccc2c(O[C@@H]3C[C@H]4C(=O)N[C@]5(C(=O)NS(=O)(=O)C6CC6)C[C@H]5/C=C\CC[C@@H](C)C[C@@H](C)[C@H](NC(=O)OC(C)(C)C)C(=O)N4C3)nc(-c3ccc(OC)c(F)c3)cc2c1. The van der Waals surface area contributed by atoms with Crippen molar-refractivity contribution in [3.8, 4) is 28.6 Å². The molecule has 2 saturated carbocycles. The number of sulfonamides is 1. The van der Waals surface area contributed by atoms with E-state index in [4.69, 9.17) is 23.9 Å². The monoisotopic (exact) mass is 877 g/mol. The lowest BCUT2D eigenvalue weighted by atomic mass is 9.88. The van der Waals surface area contributed by atoms with Crippen LogP contribution >= 0.6 is 0 Å². The van der Waals surface area contributed by atoms with Crippen molar-refractivity contribution >= 4 is 44.6 Å². The molecule has 7 atom stereocenters. The van der Waals surface area contributed by atoms with Crippen molar-refractivity contribution in [1.29, 1.82) is 0 Å². The molecule has 4 aliphatic rings. The molecule has 0 bridgehead atoms. The van der Waals surface area contributed by atoms with E-state index in [0.717, 1.165) is 6.42 Å². The van der Waals surface area contributed by atoms with Crippen molar-refractivity contribution in [3.63, 3.8) is 0 Å². The maximum Gasteiger partial charge on any atom is 0.408 e. The van der Waals surface area contributed by atoms with Gasteiger partial charge in [0, 0.05) is 23.3 Å². The average molecular weight is 878 g/mol. The van der Waals surface area contributed by atoms with Gasteiger partial charge in [-0.3, -0.25) is 19.1 Å². The molecule has 7 rings (SSSR count). The first-order valence-corrected chi connectivity index (χ1v) is 22.7. The number of allylic oxidation sites excluding steroid dienone is 1. The third kappa shape index (κ3) is 9.77. The number of aromatic nitrogens is 1. The van der Waals surface area contributed by atoms with Crippen molar-refractivity contribution in [2.45, 2.75) is 114 Å². The van der Waals surface area contributed by atoms with Crippen LogP contribution in [0.5, 0.6) is 17.4 Å². The summed E-state index contributed by atoms with van der Waals surface area (Å²) in [6.07, 6.45) is 5.08. The number of fused-ring (bicyclic) bond motifs is 3. The van der Waals surface area contributed by atoms with E-state index in [0.29, 0.717) is 53.5 Å². The van der Waals surface area contributed by atoms with E-state index in [1.54, 1.807) is 51.1 Å². The minimum atomic E-state index is -3.95. The number of amides is 4. The molecule has 17 heteroatoms. The maximum absolute atomic E-state index is 15.0. The summed E-state index contributed by atoms with van der Waals surface area (Å²) in [5, 5.41) is 6.26. The summed E-state index contributed by atoms with van der Waals surface area (Å²) < 4.78 is 66.0. The van der Waals surface area contributed by atoms with Crippen molar-refractivity contribution in [1.82, 2.24) is 25.2 Å². The highest BCUT2D eigenvalue weighted by atomic mass is 32.2. The van der Waals surface area contributed by atoms with Gasteiger partial charge in [0.05, 0.1) is 31.7 Å². The summed E-state index contributed by atoms with van der Waals surface area (Å²) in [6, 6.07) is 9.19. The smallest absolute Gasteiger partial charge is 0.408 e. The van der Waals surface area contributed by atoms with Gasteiger partial charge in [0.25, 0.3) is 5.91 Å². The Bertz CT molecular complexity index is 2380. The minimum absolute atomic E-state index is 0.0548. The van der Waals surface area contributed by atoms with E-state index in [2.05, 4.69) is 22.3 Å². The van der Waals surface area contributed by atoms with Crippen molar-refractivity contribution in [3.05, 3.63) is 60.4 Å². The van der Waals surface area contributed by atoms with Crippen LogP contribution in [0.4, 0.5) is 9.18 Å². The molecule has 0 radical (unpaired) electrons. The topological polar surface area (TPSA) is 192 Å². The fraction of sp³-hybridized carbons (Fsp3) is 0.533. The lowest BCUT2D eigenvalue weighted by Gasteiger charge is -2.33.